The Morgan fingerprint density at radius 2 is 2.08 bits per heavy atom. The normalized spacial score (nSPS) is 25.9. The summed E-state index contributed by atoms with van der Waals surface area (Å²) in [5, 5.41) is 2.51. The Hall–Kier alpha value is -1.80. The fourth-order valence-corrected chi connectivity index (χ4v) is 5.97. The molecule has 2 aliphatic rings. The summed E-state index contributed by atoms with van der Waals surface area (Å²) in [4.78, 5) is 14.2. The molecule has 2 atom stereocenters. The molecule has 0 radical (unpaired) electrons. The number of hydrogen-bond acceptors (Lipinski definition) is 4. The molecule has 1 aromatic carbocycles. The average Bonchev–Trinajstić information content (AvgIpc) is 2.75. The molecule has 3 rings (SSSR count). The third-order valence-corrected chi connectivity index (χ3v) is 7.63. The van der Waals surface area contributed by atoms with Crippen LogP contribution in [0.1, 0.15) is 19.8 Å². The van der Waals surface area contributed by atoms with Crippen LogP contribution in [0.25, 0.3) is 0 Å². The van der Waals surface area contributed by atoms with E-state index in [9.17, 15) is 13.2 Å². The smallest absolute Gasteiger partial charge is 0.321 e. The molecule has 0 aromatic heterocycles. The number of amides is 2. The first kappa shape index (κ1) is 18.0. The Balaban J connectivity index is 1.65. The zero-order valence-corrected chi connectivity index (χ0v) is 15.5. The van der Waals surface area contributed by atoms with E-state index >= 15 is 0 Å². The largest absolute Gasteiger partial charge is 0.497 e. The molecular formula is C17H25N3O4S. The molecule has 8 heteroatoms. The van der Waals surface area contributed by atoms with Crippen molar-refractivity contribution in [2.75, 3.05) is 38.6 Å². The lowest BCUT2D eigenvalue weighted by Gasteiger charge is -2.22. The van der Waals surface area contributed by atoms with Gasteiger partial charge in [-0.1, -0.05) is 13.0 Å². The van der Waals surface area contributed by atoms with Gasteiger partial charge >= 0.3 is 6.03 Å². The number of likely N-dealkylation sites (tertiary alicyclic amines) is 1. The molecule has 7 nitrogen and oxygen atoms in total. The maximum Gasteiger partial charge on any atom is 0.321 e. The van der Waals surface area contributed by atoms with Crippen LogP contribution in [-0.2, 0) is 10.0 Å². The highest BCUT2D eigenvalue weighted by molar-refractivity contribution is 7.90. The molecule has 2 heterocycles. The highest BCUT2D eigenvalue weighted by Gasteiger charge is 2.46. The van der Waals surface area contributed by atoms with Crippen molar-refractivity contribution in [3.05, 3.63) is 24.3 Å². The Labute approximate surface area is 149 Å². The first-order valence-corrected chi connectivity index (χ1v) is 10.1. The van der Waals surface area contributed by atoms with Gasteiger partial charge in [0.25, 0.3) is 0 Å². The fraction of sp³-hybridized carbons (Fsp3) is 0.588. The quantitative estimate of drug-likeness (QED) is 0.886. The molecule has 0 aliphatic carbocycles. The predicted molar refractivity (Wildman–Crippen MR) is 96.3 cm³/mol. The second kappa shape index (κ2) is 7.21. The van der Waals surface area contributed by atoms with Gasteiger partial charge in [-0.3, -0.25) is 0 Å². The number of methoxy groups -OCH3 is 1. The number of benzene rings is 1. The Morgan fingerprint density at radius 3 is 2.80 bits per heavy atom. The van der Waals surface area contributed by atoms with Crippen molar-refractivity contribution >= 4 is 21.7 Å². The predicted octanol–water partition coefficient (Wildman–Crippen LogP) is 1.97. The standard InChI is InChI=1S/C17H25N3O4S/c1-3-20-12-13-7-9-19(10-8-16(13)25(20,22)23)17(21)18-14-5-4-6-15(11-14)24-2/h4-6,11,13,16H,3,7-10,12H2,1-2H3,(H,18,21)/t13-,16-/m0/s1. The number of anilines is 1. The Bertz CT molecular complexity index is 737. The lowest BCUT2D eigenvalue weighted by molar-refractivity contribution is 0.212. The van der Waals surface area contributed by atoms with E-state index in [2.05, 4.69) is 5.32 Å². The van der Waals surface area contributed by atoms with Crippen LogP contribution < -0.4 is 10.1 Å². The molecule has 0 saturated carbocycles. The van der Waals surface area contributed by atoms with Gasteiger partial charge in [-0.05, 0) is 30.9 Å². The van der Waals surface area contributed by atoms with Crippen LogP contribution in [0.15, 0.2) is 24.3 Å². The molecule has 2 amide bonds. The maximum absolute atomic E-state index is 12.5. The van der Waals surface area contributed by atoms with E-state index in [1.165, 1.54) is 0 Å². The van der Waals surface area contributed by atoms with Crippen molar-refractivity contribution < 1.29 is 17.9 Å². The molecule has 1 N–H and O–H groups in total. The number of sulfonamides is 1. The molecule has 2 fully saturated rings. The number of fused-ring (bicyclic) bond motifs is 1. The lowest BCUT2D eigenvalue weighted by atomic mass is 10.0. The maximum atomic E-state index is 12.5. The van der Waals surface area contributed by atoms with Crippen LogP contribution in [0.5, 0.6) is 5.75 Å². The van der Waals surface area contributed by atoms with E-state index in [1.54, 1.807) is 28.4 Å². The minimum Gasteiger partial charge on any atom is -0.497 e. The van der Waals surface area contributed by atoms with E-state index in [1.807, 2.05) is 19.1 Å². The van der Waals surface area contributed by atoms with Gasteiger partial charge in [0.2, 0.25) is 10.0 Å². The van der Waals surface area contributed by atoms with E-state index < -0.39 is 10.0 Å². The van der Waals surface area contributed by atoms with Crippen molar-refractivity contribution in [1.29, 1.82) is 0 Å². The molecule has 2 aliphatic heterocycles. The van der Waals surface area contributed by atoms with Gasteiger partial charge in [0.05, 0.1) is 12.4 Å². The molecule has 2 saturated heterocycles. The van der Waals surface area contributed by atoms with Gasteiger partial charge in [0.1, 0.15) is 5.75 Å². The minimum atomic E-state index is -3.22. The second-order valence-electron chi connectivity index (χ2n) is 6.52. The summed E-state index contributed by atoms with van der Waals surface area (Å²) in [6, 6.07) is 6.99. The number of nitrogens with one attached hydrogen (secondary N) is 1. The summed E-state index contributed by atoms with van der Waals surface area (Å²) in [6.45, 7) is 4.00. The highest BCUT2D eigenvalue weighted by Crippen LogP contribution is 2.34. The van der Waals surface area contributed by atoms with E-state index in [0.717, 1.165) is 0 Å². The van der Waals surface area contributed by atoms with Gasteiger partial charge in [0, 0.05) is 37.9 Å². The van der Waals surface area contributed by atoms with Gasteiger partial charge in [-0.2, -0.15) is 0 Å². The van der Waals surface area contributed by atoms with Crippen LogP contribution in [-0.4, -0.2) is 62.2 Å². The monoisotopic (exact) mass is 367 g/mol. The molecule has 1 aromatic rings. The number of hydrogen-bond donors (Lipinski definition) is 1. The van der Waals surface area contributed by atoms with Crippen LogP contribution in [0, 0.1) is 5.92 Å². The summed E-state index contributed by atoms with van der Waals surface area (Å²) in [5.74, 6) is 0.786. The van der Waals surface area contributed by atoms with Crippen molar-refractivity contribution in [1.82, 2.24) is 9.21 Å². The molecule has 0 unspecified atom stereocenters. The Morgan fingerprint density at radius 1 is 1.32 bits per heavy atom. The number of carbonyl (C=O) groups is 1. The van der Waals surface area contributed by atoms with Gasteiger partial charge < -0.3 is 15.0 Å². The van der Waals surface area contributed by atoms with Crippen LogP contribution in [0.3, 0.4) is 0 Å². The summed E-state index contributed by atoms with van der Waals surface area (Å²) in [5.41, 5.74) is 0.665. The third-order valence-electron chi connectivity index (χ3n) is 5.12. The van der Waals surface area contributed by atoms with Gasteiger partial charge in [-0.25, -0.2) is 17.5 Å². The van der Waals surface area contributed by atoms with Crippen molar-refractivity contribution in [3.8, 4) is 5.75 Å². The summed E-state index contributed by atoms with van der Waals surface area (Å²) < 4.78 is 31.8. The number of ether oxygens (including phenoxy) is 1. The van der Waals surface area contributed by atoms with Gasteiger partial charge in [0.15, 0.2) is 0 Å². The summed E-state index contributed by atoms with van der Waals surface area (Å²) in [6.07, 6.45) is 1.21. The zero-order chi connectivity index (χ0) is 18.0. The first-order valence-electron chi connectivity index (χ1n) is 8.64. The third kappa shape index (κ3) is 3.59. The van der Waals surface area contributed by atoms with Crippen molar-refractivity contribution in [2.45, 2.75) is 25.0 Å². The first-order chi connectivity index (χ1) is 12.0. The van der Waals surface area contributed by atoms with E-state index in [-0.39, 0.29) is 17.2 Å². The second-order valence-corrected chi connectivity index (χ2v) is 8.67. The number of urea groups is 1. The summed E-state index contributed by atoms with van der Waals surface area (Å²) in [7, 11) is -1.64. The highest BCUT2D eigenvalue weighted by atomic mass is 32.2. The zero-order valence-electron chi connectivity index (χ0n) is 14.6. The molecule has 138 valence electrons. The molecule has 0 bridgehead atoms. The van der Waals surface area contributed by atoms with E-state index in [0.29, 0.717) is 50.5 Å². The van der Waals surface area contributed by atoms with Crippen LogP contribution in [0.4, 0.5) is 10.5 Å². The minimum absolute atomic E-state index is 0.111. The van der Waals surface area contributed by atoms with E-state index in [4.69, 9.17) is 4.74 Å². The van der Waals surface area contributed by atoms with Gasteiger partial charge in [-0.15, -0.1) is 0 Å². The Kier molecular flexibility index (Phi) is 5.19. The van der Waals surface area contributed by atoms with Crippen LogP contribution in [0.2, 0.25) is 0 Å². The van der Waals surface area contributed by atoms with Crippen LogP contribution >= 0.6 is 0 Å². The molecular weight excluding hydrogens is 342 g/mol. The number of rotatable bonds is 3. The van der Waals surface area contributed by atoms with Crippen molar-refractivity contribution in [2.24, 2.45) is 5.92 Å². The fourth-order valence-electron chi connectivity index (χ4n) is 3.71. The topological polar surface area (TPSA) is 79.0 Å². The average molecular weight is 367 g/mol. The SMILES string of the molecule is CCN1C[C@@H]2CCN(C(=O)Nc3cccc(OC)c3)CC[C@@H]2S1(=O)=O. The number of carbonyl (C=O) groups excluding carboxylic acids is 1. The summed E-state index contributed by atoms with van der Waals surface area (Å²) >= 11 is 0. The van der Waals surface area contributed by atoms with Crippen molar-refractivity contribution in [3.63, 3.8) is 0 Å². The molecule has 25 heavy (non-hydrogen) atoms. The molecule has 0 spiro atoms. The lowest BCUT2D eigenvalue weighted by Crippen LogP contribution is -2.37. The number of nitrogens with zero attached hydrogens (tertiary/aromatic N) is 2.